The van der Waals surface area contributed by atoms with Gasteiger partial charge in [0.2, 0.25) is 10.0 Å². The summed E-state index contributed by atoms with van der Waals surface area (Å²) in [5.41, 5.74) is 0. The zero-order chi connectivity index (χ0) is 12.9. The number of hydrogen-bond donors (Lipinski definition) is 1. The molecule has 0 bridgehead atoms. The lowest BCUT2D eigenvalue weighted by atomic mass is 10.0. The normalized spacial score (nSPS) is 20.7. The van der Waals surface area contributed by atoms with E-state index in [1.165, 1.54) is 4.31 Å². The van der Waals surface area contributed by atoms with Gasteiger partial charge in [-0.25, -0.2) is 12.7 Å². The first-order valence-electron chi connectivity index (χ1n) is 6.16. The van der Waals surface area contributed by atoms with E-state index in [1.807, 2.05) is 0 Å². The van der Waals surface area contributed by atoms with Crippen molar-refractivity contribution in [2.24, 2.45) is 5.92 Å². The highest BCUT2D eigenvalue weighted by atomic mass is 32.2. The van der Waals surface area contributed by atoms with Gasteiger partial charge in [-0.05, 0) is 32.7 Å². The minimum Gasteiger partial charge on any atom is -0.381 e. The lowest BCUT2D eigenvalue weighted by molar-refractivity contribution is 0.0619. The molecule has 1 aliphatic rings. The van der Waals surface area contributed by atoms with Gasteiger partial charge < -0.3 is 10.1 Å². The van der Waals surface area contributed by atoms with E-state index >= 15 is 0 Å². The molecule has 1 saturated heterocycles. The highest BCUT2D eigenvalue weighted by Crippen LogP contribution is 2.18. The molecule has 0 saturated carbocycles. The second-order valence-electron chi connectivity index (χ2n) is 4.75. The predicted molar refractivity (Wildman–Crippen MR) is 68.5 cm³/mol. The maximum atomic E-state index is 12.1. The van der Waals surface area contributed by atoms with E-state index in [1.54, 1.807) is 21.0 Å². The number of ether oxygens (including phenoxy) is 1. The van der Waals surface area contributed by atoms with Crippen LogP contribution in [0.25, 0.3) is 0 Å². The van der Waals surface area contributed by atoms with Crippen molar-refractivity contribution in [2.75, 3.05) is 40.4 Å². The van der Waals surface area contributed by atoms with Gasteiger partial charge in [-0.2, -0.15) is 0 Å². The smallest absolute Gasteiger partial charge is 0.217 e. The fourth-order valence-corrected chi connectivity index (χ4v) is 3.51. The predicted octanol–water partition coefficient (Wildman–Crippen LogP) is 0.282. The monoisotopic (exact) mass is 264 g/mol. The standard InChI is InChI=1S/C11H24N2O3S/c1-10(8-12-2)17(14,15)13(3)9-11-4-6-16-7-5-11/h10-12H,4-9H2,1-3H3. The Morgan fingerprint density at radius 3 is 2.53 bits per heavy atom. The highest BCUT2D eigenvalue weighted by molar-refractivity contribution is 7.89. The van der Waals surface area contributed by atoms with Crippen LogP contribution in [0.5, 0.6) is 0 Å². The summed E-state index contributed by atoms with van der Waals surface area (Å²) in [4.78, 5) is 0. The van der Waals surface area contributed by atoms with Crippen molar-refractivity contribution in [2.45, 2.75) is 25.0 Å². The van der Waals surface area contributed by atoms with Gasteiger partial charge in [0, 0.05) is 33.4 Å². The van der Waals surface area contributed by atoms with Crippen LogP contribution in [-0.2, 0) is 14.8 Å². The van der Waals surface area contributed by atoms with Gasteiger partial charge in [-0.15, -0.1) is 0 Å². The average Bonchev–Trinajstić information content (AvgIpc) is 2.30. The summed E-state index contributed by atoms with van der Waals surface area (Å²) in [6.45, 7) is 4.35. The van der Waals surface area contributed by atoms with Gasteiger partial charge in [0.1, 0.15) is 0 Å². The molecule has 1 fully saturated rings. The van der Waals surface area contributed by atoms with Crippen molar-refractivity contribution >= 4 is 10.0 Å². The molecule has 0 aliphatic carbocycles. The van der Waals surface area contributed by atoms with Crippen LogP contribution in [0.15, 0.2) is 0 Å². The third kappa shape index (κ3) is 4.21. The number of nitrogens with one attached hydrogen (secondary N) is 1. The van der Waals surface area contributed by atoms with Crippen molar-refractivity contribution < 1.29 is 13.2 Å². The minimum absolute atomic E-state index is 0.377. The first-order valence-corrected chi connectivity index (χ1v) is 7.66. The Morgan fingerprint density at radius 2 is 2.00 bits per heavy atom. The minimum atomic E-state index is -3.17. The van der Waals surface area contributed by atoms with Crippen LogP contribution >= 0.6 is 0 Å². The van der Waals surface area contributed by atoms with Gasteiger partial charge >= 0.3 is 0 Å². The van der Waals surface area contributed by atoms with E-state index in [0.29, 0.717) is 19.0 Å². The summed E-state index contributed by atoms with van der Waals surface area (Å²) >= 11 is 0. The van der Waals surface area contributed by atoms with Crippen LogP contribution in [0.2, 0.25) is 0 Å². The third-order valence-electron chi connectivity index (χ3n) is 3.29. The van der Waals surface area contributed by atoms with E-state index in [9.17, 15) is 8.42 Å². The third-order valence-corrected chi connectivity index (χ3v) is 5.49. The van der Waals surface area contributed by atoms with Crippen LogP contribution in [0.4, 0.5) is 0 Å². The molecule has 1 N–H and O–H groups in total. The van der Waals surface area contributed by atoms with Crippen LogP contribution in [0.3, 0.4) is 0 Å². The Balaban J connectivity index is 2.52. The molecular weight excluding hydrogens is 240 g/mol. The van der Waals surface area contributed by atoms with Crippen LogP contribution < -0.4 is 5.32 Å². The molecule has 17 heavy (non-hydrogen) atoms. The number of hydrogen-bond acceptors (Lipinski definition) is 4. The second kappa shape index (κ2) is 6.68. The molecule has 0 amide bonds. The zero-order valence-corrected chi connectivity index (χ0v) is 11.8. The molecule has 102 valence electrons. The molecule has 0 aromatic heterocycles. The largest absolute Gasteiger partial charge is 0.381 e. The van der Waals surface area contributed by atoms with Crippen LogP contribution in [0, 0.1) is 5.92 Å². The Labute approximate surface area is 105 Å². The molecule has 0 radical (unpaired) electrons. The van der Waals surface area contributed by atoms with Crippen LogP contribution in [-0.4, -0.2) is 58.4 Å². The van der Waals surface area contributed by atoms with Gasteiger partial charge in [0.15, 0.2) is 0 Å². The first kappa shape index (κ1) is 14.9. The van der Waals surface area contributed by atoms with Crippen LogP contribution in [0.1, 0.15) is 19.8 Å². The van der Waals surface area contributed by atoms with Crippen molar-refractivity contribution in [3.8, 4) is 0 Å². The van der Waals surface area contributed by atoms with E-state index in [-0.39, 0.29) is 5.25 Å². The fourth-order valence-electron chi connectivity index (χ4n) is 2.10. The number of nitrogens with zero attached hydrogens (tertiary/aromatic N) is 1. The lowest BCUT2D eigenvalue weighted by Gasteiger charge is -2.28. The Bertz CT molecular complexity index is 313. The van der Waals surface area contributed by atoms with E-state index in [4.69, 9.17) is 4.74 Å². The second-order valence-corrected chi connectivity index (χ2v) is 7.21. The van der Waals surface area contributed by atoms with Crippen molar-refractivity contribution in [3.63, 3.8) is 0 Å². The fraction of sp³-hybridized carbons (Fsp3) is 1.00. The molecule has 0 aromatic rings. The summed E-state index contributed by atoms with van der Waals surface area (Å²) in [7, 11) is 0.275. The maximum Gasteiger partial charge on any atom is 0.217 e. The lowest BCUT2D eigenvalue weighted by Crippen LogP contribution is -2.42. The summed E-state index contributed by atoms with van der Waals surface area (Å²) < 4.78 is 31.1. The van der Waals surface area contributed by atoms with Gasteiger partial charge in [-0.3, -0.25) is 0 Å². The Morgan fingerprint density at radius 1 is 1.41 bits per heavy atom. The molecule has 1 heterocycles. The Kier molecular flexibility index (Phi) is 5.85. The van der Waals surface area contributed by atoms with Gasteiger partial charge in [-0.1, -0.05) is 0 Å². The zero-order valence-electron chi connectivity index (χ0n) is 11.0. The first-order chi connectivity index (χ1) is 7.98. The number of sulfonamides is 1. The molecule has 1 atom stereocenters. The van der Waals surface area contributed by atoms with E-state index < -0.39 is 10.0 Å². The molecule has 0 spiro atoms. The van der Waals surface area contributed by atoms with Crippen molar-refractivity contribution in [3.05, 3.63) is 0 Å². The van der Waals surface area contributed by atoms with Gasteiger partial charge in [0.25, 0.3) is 0 Å². The summed E-state index contributed by atoms with van der Waals surface area (Å²) in [5.74, 6) is 0.435. The molecule has 0 aromatic carbocycles. The maximum absolute atomic E-state index is 12.1. The Hall–Kier alpha value is -0.170. The summed E-state index contributed by atoms with van der Waals surface area (Å²) in [5, 5.41) is 2.53. The molecule has 1 unspecified atom stereocenters. The van der Waals surface area contributed by atoms with Crippen molar-refractivity contribution in [1.82, 2.24) is 9.62 Å². The highest BCUT2D eigenvalue weighted by Gasteiger charge is 2.27. The molecule has 1 rings (SSSR count). The summed E-state index contributed by atoms with van der Waals surface area (Å²) in [6.07, 6.45) is 1.92. The summed E-state index contributed by atoms with van der Waals surface area (Å²) in [6, 6.07) is 0. The van der Waals surface area contributed by atoms with Gasteiger partial charge in [0.05, 0.1) is 5.25 Å². The molecular formula is C11H24N2O3S. The molecule has 6 heteroatoms. The SMILES string of the molecule is CNCC(C)S(=O)(=O)N(C)CC1CCOCC1. The average molecular weight is 264 g/mol. The quantitative estimate of drug-likeness (QED) is 0.749. The molecule has 1 aliphatic heterocycles. The number of rotatable bonds is 6. The van der Waals surface area contributed by atoms with E-state index in [0.717, 1.165) is 26.1 Å². The van der Waals surface area contributed by atoms with E-state index in [2.05, 4.69) is 5.32 Å². The molecule has 5 nitrogen and oxygen atoms in total. The van der Waals surface area contributed by atoms with Crippen molar-refractivity contribution in [1.29, 1.82) is 0 Å². The topological polar surface area (TPSA) is 58.6 Å².